The predicted octanol–water partition coefficient (Wildman–Crippen LogP) is 5.66. The smallest absolute Gasteiger partial charge is 0.304 e. The largest absolute Gasteiger partial charge is 0.493 e. The fourth-order valence-corrected chi connectivity index (χ4v) is 4.20. The summed E-state index contributed by atoms with van der Waals surface area (Å²) < 4.78 is 5.93. The third kappa shape index (κ3) is 6.22. The van der Waals surface area contributed by atoms with Crippen LogP contribution < -0.4 is 0 Å². The summed E-state index contributed by atoms with van der Waals surface area (Å²) in [6.07, 6.45) is 19.9. The van der Waals surface area contributed by atoms with Gasteiger partial charge in [0.05, 0.1) is 13.0 Å². The second-order valence-corrected chi connectivity index (χ2v) is 7.62. The molecule has 0 heterocycles. The third-order valence-corrected chi connectivity index (χ3v) is 5.85. The molecule has 0 aromatic carbocycles. The summed E-state index contributed by atoms with van der Waals surface area (Å²) in [5.41, 5.74) is 0.667. The van der Waals surface area contributed by atoms with Gasteiger partial charge in [-0.15, -0.1) is 6.58 Å². The molecule has 0 aromatic rings. The highest BCUT2D eigenvalue weighted by atomic mass is 16.5. The molecule has 1 atom stereocenters. The van der Waals surface area contributed by atoms with Gasteiger partial charge in [-0.25, -0.2) is 0 Å². The third-order valence-electron chi connectivity index (χ3n) is 5.85. The van der Waals surface area contributed by atoms with Crippen molar-refractivity contribution >= 4 is 5.97 Å². The van der Waals surface area contributed by atoms with E-state index in [0.29, 0.717) is 11.3 Å². The lowest BCUT2D eigenvalue weighted by atomic mass is 9.69. The first-order valence-corrected chi connectivity index (χ1v) is 9.55. The van der Waals surface area contributed by atoms with E-state index in [1.807, 2.05) is 18.2 Å². The minimum atomic E-state index is -0.823. The van der Waals surface area contributed by atoms with Crippen LogP contribution in [0.1, 0.15) is 57.8 Å². The number of ether oxygens (including phenoxy) is 1. The van der Waals surface area contributed by atoms with Gasteiger partial charge in [0.1, 0.15) is 5.76 Å². The van der Waals surface area contributed by atoms with Gasteiger partial charge in [0.15, 0.2) is 0 Å². The number of hydrogen-bond donors (Lipinski definition) is 1. The van der Waals surface area contributed by atoms with E-state index in [4.69, 9.17) is 9.84 Å². The van der Waals surface area contributed by atoms with Gasteiger partial charge in [0.2, 0.25) is 0 Å². The number of rotatable bonds is 9. The Morgan fingerprint density at radius 2 is 1.88 bits per heavy atom. The van der Waals surface area contributed by atoms with E-state index in [1.165, 1.54) is 51.4 Å². The standard InChI is InChI=1S/C22H32O3/c1-3-18(16-21(23)24)8-7-9-20(4-2)25-17-19-10-14-22(15-11-19)12-5-6-13-22/h3-4,7-9,18-19H,1-2,5-6,10-17H2,(H,23,24)/b8-7+,20-9+/t18-/m1/s1. The molecule has 2 aliphatic carbocycles. The average molecular weight is 344 g/mol. The zero-order valence-electron chi connectivity index (χ0n) is 15.3. The first-order chi connectivity index (χ1) is 12.1. The summed E-state index contributed by atoms with van der Waals surface area (Å²) in [5, 5.41) is 8.84. The van der Waals surface area contributed by atoms with Gasteiger partial charge >= 0.3 is 5.97 Å². The number of allylic oxidation sites excluding steroid dienone is 5. The fourth-order valence-electron chi connectivity index (χ4n) is 4.20. The van der Waals surface area contributed by atoms with E-state index >= 15 is 0 Å². The van der Waals surface area contributed by atoms with E-state index in [-0.39, 0.29) is 12.3 Å². The summed E-state index contributed by atoms with van der Waals surface area (Å²) >= 11 is 0. The second-order valence-electron chi connectivity index (χ2n) is 7.62. The van der Waals surface area contributed by atoms with Gasteiger partial charge < -0.3 is 9.84 Å². The highest BCUT2D eigenvalue weighted by molar-refractivity contribution is 5.67. The summed E-state index contributed by atoms with van der Waals surface area (Å²) in [7, 11) is 0. The molecular weight excluding hydrogens is 312 g/mol. The van der Waals surface area contributed by atoms with Crippen molar-refractivity contribution in [3.8, 4) is 0 Å². The lowest BCUT2D eigenvalue weighted by Crippen LogP contribution is -2.26. The number of hydrogen-bond acceptors (Lipinski definition) is 2. The van der Waals surface area contributed by atoms with Crippen LogP contribution in [-0.4, -0.2) is 17.7 Å². The zero-order valence-corrected chi connectivity index (χ0v) is 15.3. The molecule has 0 unspecified atom stereocenters. The molecule has 0 aliphatic heterocycles. The Hall–Kier alpha value is -1.77. The van der Waals surface area contributed by atoms with Crippen LogP contribution in [0.5, 0.6) is 0 Å². The molecule has 3 heteroatoms. The van der Waals surface area contributed by atoms with Gasteiger partial charge in [0.25, 0.3) is 0 Å². The summed E-state index contributed by atoms with van der Waals surface area (Å²) in [6.45, 7) is 8.23. The fraction of sp³-hybridized carbons (Fsp3) is 0.591. The first-order valence-electron chi connectivity index (χ1n) is 9.55. The lowest BCUT2D eigenvalue weighted by Gasteiger charge is -2.37. The highest BCUT2D eigenvalue weighted by Crippen LogP contribution is 2.50. The van der Waals surface area contributed by atoms with Crippen LogP contribution in [0, 0.1) is 17.3 Å². The van der Waals surface area contributed by atoms with Gasteiger partial charge in [-0.05, 0) is 62.0 Å². The van der Waals surface area contributed by atoms with Crippen molar-refractivity contribution < 1.29 is 14.6 Å². The molecule has 1 spiro atoms. The summed E-state index contributed by atoms with van der Waals surface area (Å²) in [4.78, 5) is 10.8. The normalized spacial score (nSPS) is 22.2. The molecular formula is C22H32O3. The number of carbonyl (C=O) groups is 1. The SMILES string of the molecule is C=C/C(=C\C=C\[C@@H](C=C)CC(=O)O)OCC1CCC2(CCCC2)CC1. The van der Waals surface area contributed by atoms with Gasteiger partial charge in [-0.3, -0.25) is 4.79 Å². The summed E-state index contributed by atoms with van der Waals surface area (Å²) in [6, 6.07) is 0. The van der Waals surface area contributed by atoms with Crippen molar-refractivity contribution in [2.24, 2.45) is 17.3 Å². The quantitative estimate of drug-likeness (QED) is 0.334. The molecule has 25 heavy (non-hydrogen) atoms. The Labute approximate surface area is 152 Å². The molecule has 2 saturated carbocycles. The maximum atomic E-state index is 10.8. The average Bonchev–Trinajstić information content (AvgIpc) is 3.06. The van der Waals surface area contributed by atoms with Crippen LogP contribution in [0.4, 0.5) is 0 Å². The molecule has 0 saturated heterocycles. The number of carboxylic acid groups (broad SMARTS) is 1. The molecule has 0 aromatic heterocycles. The molecule has 0 radical (unpaired) electrons. The Balaban J connectivity index is 1.76. The van der Waals surface area contributed by atoms with Crippen molar-refractivity contribution in [1.82, 2.24) is 0 Å². The number of carboxylic acids is 1. The Morgan fingerprint density at radius 3 is 2.44 bits per heavy atom. The molecule has 2 fully saturated rings. The van der Waals surface area contributed by atoms with Crippen molar-refractivity contribution in [1.29, 1.82) is 0 Å². The van der Waals surface area contributed by atoms with E-state index in [2.05, 4.69) is 13.2 Å². The van der Waals surface area contributed by atoms with E-state index in [9.17, 15) is 4.79 Å². The minimum Gasteiger partial charge on any atom is -0.493 e. The monoisotopic (exact) mass is 344 g/mol. The molecule has 2 aliphatic rings. The van der Waals surface area contributed by atoms with Crippen LogP contribution in [0.2, 0.25) is 0 Å². The maximum Gasteiger partial charge on any atom is 0.304 e. The van der Waals surface area contributed by atoms with Gasteiger partial charge in [-0.2, -0.15) is 0 Å². The maximum absolute atomic E-state index is 10.8. The van der Waals surface area contributed by atoms with Crippen LogP contribution >= 0.6 is 0 Å². The zero-order chi connectivity index (χ0) is 18.1. The Morgan fingerprint density at radius 1 is 1.20 bits per heavy atom. The molecule has 0 amide bonds. The molecule has 3 nitrogen and oxygen atoms in total. The summed E-state index contributed by atoms with van der Waals surface area (Å²) in [5.74, 6) is 0.402. The Kier molecular flexibility index (Phi) is 7.54. The second kappa shape index (κ2) is 9.65. The first kappa shape index (κ1) is 19.6. The lowest BCUT2D eigenvalue weighted by molar-refractivity contribution is -0.137. The van der Waals surface area contributed by atoms with Crippen LogP contribution in [-0.2, 0) is 9.53 Å². The van der Waals surface area contributed by atoms with E-state index < -0.39 is 5.97 Å². The molecule has 138 valence electrons. The van der Waals surface area contributed by atoms with Crippen LogP contribution in [0.3, 0.4) is 0 Å². The predicted molar refractivity (Wildman–Crippen MR) is 102 cm³/mol. The molecule has 1 N–H and O–H groups in total. The van der Waals surface area contributed by atoms with Gasteiger partial charge in [0, 0.05) is 5.92 Å². The van der Waals surface area contributed by atoms with E-state index in [1.54, 1.807) is 12.2 Å². The van der Waals surface area contributed by atoms with Crippen molar-refractivity contribution in [3.05, 3.63) is 49.3 Å². The number of aliphatic carboxylic acids is 1. The van der Waals surface area contributed by atoms with Crippen LogP contribution in [0.25, 0.3) is 0 Å². The molecule has 2 rings (SSSR count). The topological polar surface area (TPSA) is 46.5 Å². The van der Waals surface area contributed by atoms with Gasteiger partial charge in [-0.1, -0.05) is 37.6 Å². The Bertz CT molecular complexity index is 513. The van der Waals surface area contributed by atoms with E-state index in [0.717, 1.165) is 12.4 Å². The molecule has 0 bridgehead atoms. The highest BCUT2D eigenvalue weighted by Gasteiger charge is 2.37. The van der Waals surface area contributed by atoms with Crippen molar-refractivity contribution in [2.45, 2.75) is 57.8 Å². The minimum absolute atomic E-state index is 0.0575. The van der Waals surface area contributed by atoms with Crippen molar-refractivity contribution in [3.63, 3.8) is 0 Å². The van der Waals surface area contributed by atoms with Crippen molar-refractivity contribution in [2.75, 3.05) is 6.61 Å². The van der Waals surface area contributed by atoms with Crippen LogP contribution in [0.15, 0.2) is 49.3 Å².